The lowest BCUT2D eigenvalue weighted by Gasteiger charge is -2.32. The van der Waals surface area contributed by atoms with E-state index in [1.54, 1.807) is 7.11 Å². The number of hydrogen-bond acceptors (Lipinski definition) is 3. The summed E-state index contributed by atoms with van der Waals surface area (Å²) in [6.45, 7) is 8.83. The van der Waals surface area contributed by atoms with E-state index in [9.17, 15) is 0 Å². The molecule has 0 bridgehead atoms. The van der Waals surface area contributed by atoms with Crippen LogP contribution in [0, 0.1) is 19.3 Å². The van der Waals surface area contributed by atoms with E-state index in [-0.39, 0.29) is 11.5 Å². The standard InChI is InChI=1S/C14H24N2O/c1-9-6-10(2)12(11(7-9)17-5)13(16)14(3,4)8-15/h6-7,13H,8,15-16H2,1-5H3. The van der Waals surface area contributed by atoms with Crippen LogP contribution in [0.25, 0.3) is 0 Å². The number of nitrogens with two attached hydrogens (primary N) is 2. The molecule has 0 amide bonds. The van der Waals surface area contributed by atoms with Crippen molar-refractivity contribution < 1.29 is 4.74 Å². The third kappa shape index (κ3) is 2.79. The van der Waals surface area contributed by atoms with Gasteiger partial charge < -0.3 is 16.2 Å². The molecule has 0 saturated heterocycles. The first-order chi connectivity index (χ1) is 7.83. The van der Waals surface area contributed by atoms with E-state index in [1.165, 1.54) is 5.56 Å². The van der Waals surface area contributed by atoms with Crippen molar-refractivity contribution in [1.82, 2.24) is 0 Å². The highest BCUT2D eigenvalue weighted by Crippen LogP contribution is 2.37. The summed E-state index contributed by atoms with van der Waals surface area (Å²) in [4.78, 5) is 0. The lowest BCUT2D eigenvalue weighted by Crippen LogP contribution is -2.36. The lowest BCUT2D eigenvalue weighted by atomic mass is 9.79. The molecule has 1 rings (SSSR count). The van der Waals surface area contributed by atoms with Gasteiger partial charge in [0.05, 0.1) is 7.11 Å². The van der Waals surface area contributed by atoms with Gasteiger partial charge in [0.15, 0.2) is 0 Å². The van der Waals surface area contributed by atoms with Crippen LogP contribution in [0.2, 0.25) is 0 Å². The predicted octanol–water partition coefficient (Wildman–Crippen LogP) is 2.30. The summed E-state index contributed by atoms with van der Waals surface area (Å²) in [5.41, 5.74) is 15.4. The molecule has 0 aliphatic carbocycles. The fraction of sp³-hybridized carbons (Fsp3) is 0.571. The van der Waals surface area contributed by atoms with Crippen LogP contribution in [0.4, 0.5) is 0 Å². The molecule has 1 atom stereocenters. The molecule has 0 aliphatic heterocycles. The normalized spacial score (nSPS) is 13.6. The van der Waals surface area contributed by atoms with Gasteiger partial charge in [-0.05, 0) is 43.0 Å². The van der Waals surface area contributed by atoms with Crippen LogP contribution in [0.15, 0.2) is 12.1 Å². The molecule has 0 spiro atoms. The third-order valence-corrected chi connectivity index (χ3v) is 3.39. The molecular weight excluding hydrogens is 212 g/mol. The second-order valence-electron chi connectivity index (χ2n) is 5.37. The van der Waals surface area contributed by atoms with Crippen LogP contribution in [0.3, 0.4) is 0 Å². The predicted molar refractivity (Wildman–Crippen MR) is 72.2 cm³/mol. The highest BCUT2D eigenvalue weighted by molar-refractivity contribution is 5.45. The summed E-state index contributed by atoms with van der Waals surface area (Å²) in [5.74, 6) is 0.858. The molecule has 1 unspecified atom stereocenters. The molecule has 3 nitrogen and oxygen atoms in total. The van der Waals surface area contributed by atoms with E-state index < -0.39 is 0 Å². The van der Waals surface area contributed by atoms with Gasteiger partial charge in [0.2, 0.25) is 0 Å². The largest absolute Gasteiger partial charge is 0.496 e. The van der Waals surface area contributed by atoms with Crippen molar-refractivity contribution in [3.05, 3.63) is 28.8 Å². The maximum Gasteiger partial charge on any atom is 0.124 e. The maximum atomic E-state index is 6.35. The topological polar surface area (TPSA) is 61.3 Å². The first-order valence-corrected chi connectivity index (χ1v) is 5.94. The molecule has 1 aromatic carbocycles. The van der Waals surface area contributed by atoms with Gasteiger partial charge in [-0.2, -0.15) is 0 Å². The second kappa shape index (κ2) is 5.07. The third-order valence-electron chi connectivity index (χ3n) is 3.39. The number of rotatable bonds is 4. The Morgan fingerprint density at radius 3 is 2.35 bits per heavy atom. The minimum atomic E-state index is -0.146. The van der Waals surface area contributed by atoms with E-state index in [1.807, 2.05) is 6.07 Å². The molecule has 0 heterocycles. The zero-order chi connectivity index (χ0) is 13.2. The Morgan fingerprint density at radius 2 is 1.88 bits per heavy atom. The zero-order valence-electron chi connectivity index (χ0n) is 11.5. The molecule has 96 valence electrons. The average molecular weight is 236 g/mol. The van der Waals surface area contributed by atoms with Crippen LogP contribution in [0.5, 0.6) is 5.75 Å². The van der Waals surface area contributed by atoms with Crippen LogP contribution < -0.4 is 16.2 Å². The van der Waals surface area contributed by atoms with Crippen LogP contribution in [0.1, 0.15) is 36.6 Å². The maximum absolute atomic E-state index is 6.35. The Kier molecular flexibility index (Phi) is 4.17. The summed E-state index contributed by atoms with van der Waals surface area (Å²) in [6.07, 6.45) is 0. The Hall–Kier alpha value is -1.06. The van der Waals surface area contributed by atoms with E-state index in [0.29, 0.717) is 6.54 Å². The first-order valence-electron chi connectivity index (χ1n) is 5.94. The SMILES string of the molecule is COc1cc(C)cc(C)c1C(N)C(C)(C)CN. The molecule has 0 aliphatic rings. The van der Waals surface area contributed by atoms with Gasteiger partial charge in [0, 0.05) is 11.6 Å². The summed E-state index contributed by atoms with van der Waals surface area (Å²) >= 11 is 0. The molecule has 3 heteroatoms. The van der Waals surface area contributed by atoms with E-state index in [0.717, 1.165) is 16.9 Å². The Labute approximate surface area is 104 Å². The molecule has 0 saturated carbocycles. The van der Waals surface area contributed by atoms with Gasteiger partial charge in [-0.3, -0.25) is 0 Å². The van der Waals surface area contributed by atoms with Crippen molar-refractivity contribution >= 4 is 0 Å². The summed E-state index contributed by atoms with van der Waals surface area (Å²) in [6, 6.07) is 4.03. The minimum Gasteiger partial charge on any atom is -0.496 e. The van der Waals surface area contributed by atoms with Gasteiger partial charge in [-0.15, -0.1) is 0 Å². The van der Waals surface area contributed by atoms with Gasteiger partial charge >= 0.3 is 0 Å². The van der Waals surface area contributed by atoms with E-state index in [2.05, 4.69) is 33.8 Å². The fourth-order valence-electron chi connectivity index (χ4n) is 2.02. The van der Waals surface area contributed by atoms with Gasteiger partial charge in [-0.1, -0.05) is 19.9 Å². The smallest absolute Gasteiger partial charge is 0.124 e. The quantitative estimate of drug-likeness (QED) is 0.843. The number of methoxy groups -OCH3 is 1. The summed E-state index contributed by atoms with van der Waals surface area (Å²) in [7, 11) is 1.68. The van der Waals surface area contributed by atoms with Crippen LogP contribution in [-0.4, -0.2) is 13.7 Å². The Morgan fingerprint density at radius 1 is 1.29 bits per heavy atom. The molecule has 0 radical (unpaired) electrons. The Bertz CT molecular complexity index is 399. The van der Waals surface area contributed by atoms with Crippen molar-refractivity contribution in [3.63, 3.8) is 0 Å². The average Bonchev–Trinajstić information content (AvgIpc) is 2.27. The van der Waals surface area contributed by atoms with Gasteiger partial charge in [0.25, 0.3) is 0 Å². The van der Waals surface area contributed by atoms with Crippen molar-refractivity contribution in [3.8, 4) is 5.75 Å². The van der Waals surface area contributed by atoms with Crippen LogP contribution >= 0.6 is 0 Å². The van der Waals surface area contributed by atoms with E-state index >= 15 is 0 Å². The van der Waals surface area contributed by atoms with Crippen LogP contribution in [-0.2, 0) is 0 Å². The van der Waals surface area contributed by atoms with Gasteiger partial charge in [-0.25, -0.2) is 0 Å². The monoisotopic (exact) mass is 236 g/mol. The van der Waals surface area contributed by atoms with Crippen molar-refractivity contribution in [1.29, 1.82) is 0 Å². The molecule has 0 fully saturated rings. The number of hydrogen-bond donors (Lipinski definition) is 2. The first kappa shape index (κ1) is 14.0. The minimum absolute atomic E-state index is 0.122. The molecule has 0 aromatic heterocycles. The number of ether oxygens (including phenoxy) is 1. The second-order valence-corrected chi connectivity index (χ2v) is 5.37. The van der Waals surface area contributed by atoms with E-state index in [4.69, 9.17) is 16.2 Å². The molecule has 1 aromatic rings. The van der Waals surface area contributed by atoms with Crippen molar-refractivity contribution in [2.45, 2.75) is 33.7 Å². The number of aryl methyl sites for hydroxylation is 2. The van der Waals surface area contributed by atoms with Crippen molar-refractivity contribution in [2.75, 3.05) is 13.7 Å². The molecule has 17 heavy (non-hydrogen) atoms. The lowest BCUT2D eigenvalue weighted by molar-refractivity contribution is 0.291. The van der Waals surface area contributed by atoms with Crippen molar-refractivity contribution in [2.24, 2.45) is 16.9 Å². The van der Waals surface area contributed by atoms with Gasteiger partial charge in [0.1, 0.15) is 5.75 Å². The molecule has 4 N–H and O–H groups in total. The summed E-state index contributed by atoms with van der Waals surface area (Å²) < 4.78 is 5.45. The highest BCUT2D eigenvalue weighted by Gasteiger charge is 2.29. The number of benzene rings is 1. The fourth-order valence-corrected chi connectivity index (χ4v) is 2.02. The Balaban J connectivity index is 3.30. The molecular formula is C14H24N2O. The zero-order valence-corrected chi connectivity index (χ0v) is 11.5. The highest BCUT2D eigenvalue weighted by atomic mass is 16.5. The summed E-state index contributed by atoms with van der Waals surface area (Å²) in [5, 5.41) is 0.